The molecular weight excluding hydrogens is 250 g/mol. The van der Waals surface area contributed by atoms with Crippen LogP contribution in [0.5, 0.6) is 0 Å². The SMILES string of the molecule is Cc1ccccc1C(C)n1cc(Cl)cc1C(=O)O. The van der Waals surface area contributed by atoms with Crippen LogP contribution in [0.1, 0.15) is 34.6 Å². The molecule has 0 amide bonds. The van der Waals surface area contributed by atoms with E-state index in [1.807, 2.05) is 38.1 Å². The fraction of sp³-hybridized carbons (Fsp3) is 0.214. The van der Waals surface area contributed by atoms with Crippen molar-refractivity contribution in [2.45, 2.75) is 19.9 Å². The monoisotopic (exact) mass is 263 g/mol. The van der Waals surface area contributed by atoms with Gasteiger partial charge in [-0.2, -0.15) is 0 Å². The molecule has 1 N–H and O–H groups in total. The highest BCUT2D eigenvalue weighted by Gasteiger charge is 2.18. The predicted molar refractivity (Wildman–Crippen MR) is 71.4 cm³/mol. The van der Waals surface area contributed by atoms with Gasteiger partial charge in [-0.25, -0.2) is 4.79 Å². The van der Waals surface area contributed by atoms with Crippen LogP contribution in [-0.2, 0) is 0 Å². The minimum Gasteiger partial charge on any atom is -0.477 e. The third-order valence-corrected chi connectivity index (χ3v) is 3.30. The number of carbonyl (C=O) groups is 1. The number of aromatic carboxylic acids is 1. The number of nitrogens with zero attached hydrogens (tertiary/aromatic N) is 1. The summed E-state index contributed by atoms with van der Waals surface area (Å²) in [6.07, 6.45) is 1.65. The Morgan fingerprint density at radius 1 is 1.39 bits per heavy atom. The summed E-state index contributed by atoms with van der Waals surface area (Å²) in [4.78, 5) is 11.2. The molecule has 0 aliphatic heterocycles. The van der Waals surface area contributed by atoms with Crippen molar-refractivity contribution in [1.29, 1.82) is 0 Å². The molecule has 3 nitrogen and oxygen atoms in total. The predicted octanol–water partition coefficient (Wildman–Crippen LogP) is 3.76. The van der Waals surface area contributed by atoms with E-state index in [9.17, 15) is 4.79 Å². The Kier molecular flexibility index (Phi) is 3.43. The van der Waals surface area contributed by atoms with Crippen molar-refractivity contribution in [1.82, 2.24) is 4.57 Å². The van der Waals surface area contributed by atoms with E-state index < -0.39 is 5.97 Å². The number of carboxylic acids is 1. The highest BCUT2D eigenvalue weighted by atomic mass is 35.5. The van der Waals surface area contributed by atoms with Crippen molar-refractivity contribution in [3.63, 3.8) is 0 Å². The lowest BCUT2D eigenvalue weighted by Crippen LogP contribution is -2.13. The zero-order chi connectivity index (χ0) is 13.3. The van der Waals surface area contributed by atoms with Gasteiger partial charge >= 0.3 is 5.97 Å². The Hall–Kier alpha value is -1.74. The molecule has 0 aliphatic carbocycles. The van der Waals surface area contributed by atoms with Gasteiger partial charge in [-0.15, -0.1) is 0 Å². The van der Waals surface area contributed by atoms with Crippen LogP contribution in [0.15, 0.2) is 36.5 Å². The first-order chi connectivity index (χ1) is 8.50. The highest BCUT2D eigenvalue weighted by molar-refractivity contribution is 6.30. The second-order valence-corrected chi connectivity index (χ2v) is 4.72. The topological polar surface area (TPSA) is 42.2 Å². The third kappa shape index (κ3) is 2.27. The summed E-state index contributed by atoms with van der Waals surface area (Å²) in [5, 5.41) is 9.60. The van der Waals surface area contributed by atoms with E-state index in [1.54, 1.807) is 10.8 Å². The molecule has 18 heavy (non-hydrogen) atoms. The molecule has 0 saturated heterocycles. The summed E-state index contributed by atoms with van der Waals surface area (Å²) in [7, 11) is 0. The first kappa shape index (κ1) is 12.7. The van der Waals surface area contributed by atoms with E-state index in [2.05, 4.69) is 0 Å². The van der Waals surface area contributed by atoms with Crippen LogP contribution >= 0.6 is 11.6 Å². The molecule has 1 aromatic heterocycles. The number of carboxylic acid groups (broad SMARTS) is 1. The number of aromatic nitrogens is 1. The second kappa shape index (κ2) is 4.86. The van der Waals surface area contributed by atoms with Crippen molar-refractivity contribution in [2.24, 2.45) is 0 Å². The standard InChI is InChI=1S/C14H14ClNO2/c1-9-5-3-4-6-12(9)10(2)16-8-11(15)7-13(16)14(17)18/h3-8,10H,1-2H3,(H,17,18). The highest BCUT2D eigenvalue weighted by Crippen LogP contribution is 2.26. The molecule has 2 rings (SSSR count). The zero-order valence-corrected chi connectivity index (χ0v) is 11.0. The van der Waals surface area contributed by atoms with Gasteiger partial charge in [-0.05, 0) is 31.0 Å². The van der Waals surface area contributed by atoms with Gasteiger partial charge in [0.25, 0.3) is 0 Å². The normalized spacial score (nSPS) is 12.4. The molecule has 0 radical (unpaired) electrons. The second-order valence-electron chi connectivity index (χ2n) is 4.29. The number of hydrogen-bond acceptors (Lipinski definition) is 1. The van der Waals surface area contributed by atoms with E-state index in [-0.39, 0.29) is 11.7 Å². The average molecular weight is 264 g/mol. The summed E-state index contributed by atoms with van der Waals surface area (Å²) >= 11 is 5.90. The lowest BCUT2D eigenvalue weighted by molar-refractivity contribution is 0.0684. The smallest absolute Gasteiger partial charge is 0.352 e. The Balaban J connectivity index is 2.49. The van der Waals surface area contributed by atoms with Gasteiger partial charge < -0.3 is 9.67 Å². The lowest BCUT2D eigenvalue weighted by atomic mass is 10.0. The van der Waals surface area contributed by atoms with Gasteiger partial charge in [0.2, 0.25) is 0 Å². The average Bonchev–Trinajstić information content (AvgIpc) is 2.71. The van der Waals surface area contributed by atoms with Crippen molar-refractivity contribution < 1.29 is 9.90 Å². The van der Waals surface area contributed by atoms with Crippen LogP contribution in [0.25, 0.3) is 0 Å². The summed E-state index contributed by atoms with van der Waals surface area (Å²) in [5.74, 6) is -0.970. The Bertz CT molecular complexity index is 589. The molecule has 0 aliphatic rings. The van der Waals surface area contributed by atoms with Crippen molar-refractivity contribution in [3.8, 4) is 0 Å². The molecule has 1 aromatic carbocycles. The van der Waals surface area contributed by atoms with Gasteiger partial charge in [-0.1, -0.05) is 35.9 Å². The molecule has 1 heterocycles. The number of aryl methyl sites for hydroxylation is 1. The minimum absolute atomic E-state index is 0.0650. The number of halogens is 1. The molecule has 2 aromatic rings. The summed E-state index contributed by atoms with van der Waals surface area (Å²) in [6.45, 7) is 3.97. The summed E-state index contributed by atoms with van der Waals surface area (Å²) < 4.78 is 1.69. The van der Waals surface area contributed by atoms with Gasteiger partial charge in [0.15, 0.2) is 0 Å². The van der Waals surface area contributed by atoms with Crippen LogP contribution in [0, 0.1) is 6.92 Å². The fourth-order valence-electron chi connectivity index (χ4n) is 2.14. The largest absolute Gasteiger partial charge is 0.477 e. The van der Waals surface area contributed by atoms with Crippen LogP contribution < -0.4 is 0 Å². The Morgan fingerprint density at radius 2 is 2.06 bits per heavy atom. The van der Waals surface area contributed by atoms with E-state index >= 15 is 0 Å². The van der Waals surface area contributed by atoms with Crippen LogP contribution in [0.3, 0.4) is 0 Å². The quantitative estimate of drug-likeness (QED) is 0.916. The molecule has 94 valence electrons. The molecule has 0 fully saturated rings. The Morgan fingerprint density at radius 3 is 2.67 bits per heavy atom. The van der Waals surface area contributed by atoms with E-state index in [1.165, 1.54) is 6.07 Å². The van der Waals surface area contributed by atoms with Crippen molar-refractivity contribution >= 4 is 17.6 Å². The maximum Gasteiger partial charge on any atom is 0.352 e. The fourth-order valence-corrected chi connectivity index (χ4v) is 2.35. The minimum atomic E-state index is -0.970. The summed E-state index contributed by atoms with van der Waals surface area (Å²) in [6, 6.07) is 9.33. The van der Waals surface area contributed by atoms with Gasteiger partial charge in [0.05, 0.1) is 11.1 Å². The first-order valence-electron chi connectivity index (χ1n) is 5.67. The summed E-state index contributed by atoms with van der Waals surface area (Å²) in [5.41, 5.74) is 2.43. The van der Waals surface area contributed by atoms with E-state index in [4.69, 9.17) is 16.7 Å². The number of hydrogen-bond donors (Lipinski definition) is 1. The molecule has 0 saturated carbocycles. The van der Waals surface area contributed by atoms with Crippen molar-refractivity contribution in [3.05, 3.63) is 58.4 Å². The molecule has 0 spiro atoms. The van der Waals surface area contributed by atoms with Crippen LogP contribution in [-0.4, -0.2) is 15.6 Å². The van der Waals surface area contributed by atoms with Crippen molar-refractivity contribution in [2.75, 3.05) is 0 Å². The number of rotatable bonds is 3. The van der Waals surface area contributed by atoms with Crippen LogP contribution in [0.4, 0.5) is 0 Å². The van der Waals surface area contributed by atoms with Crippen LogP contribution in [0.2, 0.25) is 5.02 Å². The van der Waals surface area contributed by atoms with Gasteiger partial charge in [0, 0.05) is 6.20 Å². The van der Waals surface area contributed by atoms with Gasteiger partial charge in [-0.3, -0.25) is 0 Å². The Labute approximate surface area is 111 Å². The molecular formula is C14H14ClNO2. The van der Waals surface area contributed by atoms with E-state index in [0.29, 0.717) is 5.02 Å². The zero-order valence-electron chi connectivity index (χ0n) is 10.2. The maximum atomic E-state index is 11.2. The number of benzene rings is 1. The lowest BCUT2D eigenvalue weighted by Gasteiger charge is -2.18. The molecule has 4 heteroatoms. The molecule has 1 unspecified atom stereocenters. The third-order valence-electron chi connectivity index (χ3n) is 3.09. The molecule has 1 atom stereocenters. The van der Waals surface area contributed by atoms with Gasteiger partial charge in [0.1, 0.15) is 5.69 Å². The maximum absolute atomic E-state index is 11.2. The molecule has 0 bridgehead atoms. The van der Waals surface area contributed by atoms with E-state index in [0.717, 1.165) is 11.1 Å². The first-order valence-corrected chi connectivity index (χ1v) is 6.04.